The molecule has 0 radical (unpaired) electrons. The molecule has 0 aliphatic rings. The molecular weight excluding hydrogens is 268 g/mol. The highest BCUT2D eigenvalue weighted by Crippen LogP contribution is 2.29. The Morgan fingerprint density at radius 1 is 1.40 bits per heavy atom. The molecule has 1 aromatic rings. The summed E-state index contributed by atoms with van der Waals surface area (Å²) in [5.74, 6) is 0.196. The van der Waals surface area contributed by atoms with E-state index in [4.69, 9.17) is 0 Å². The second-order valence-corrected chi connectivity index (χ2v) is 3.99. The zero-order valence-corrected chi connectivity index (χ0v) is 10.0. The average Bonchev–Trinajstić information content (AvgIpc) is 2.16. The van der Waals surface area contributed by atoms with Crippen LogP contribution in [-0.2, 0) is 0 Å². The van der Waals surface area contributed by atoms with Crippen molar-refractivity contribution >= 4 is 15.9 Å². The van der Waals surface area contributed by atoms with Gasteiger partial charge >= 0.3 is 6.61 Å². The second kappa shape index (κ2) is 5.42. The highest BCUT2D eigenvalue weighted by atomic mass is 79.9. The zero-order valence-electron chi connectivity index (χ0n) is 8.43. The Balaban J connectivity index is 3.02. The van der Waals surface area contributed by atoms with Crippen LogP contribution >= 0.6 is 15.9 Å². The fourth-order valence-corrected chi connectivity index (χ4v) is 1.56. The normalized spacial score (nSPS) is 12.9. The van der Waals surface area contributed by atoms with Crippen LogP contribution in [0, 0.1) is 0 Å². The predicted octanol–water partition coefficient (Wildman–Crippen LogP) is 3.33. The molecule has 2 nitrogen and oxygen atoms in total. The van der Waals surface area contributed by atoms with Gasteiger partial charge in [-0.25, -0.2) is 0 Å². The molecule has 0 heterocycles. The van der Waals surface area contributed by atoms with E-state index in [0.717, 1.165) is 0 Å². The largest absolute Gasteiger partial charge is 0.434 e. The van der Waals surface area contributed by atoms with Crippen molar-refractivity contribution in [3.8, 4) is 5.75 Å². The van der Waals surface area contributed by atoms with Gasteiger partial charge in [0.15, 0.2) is 0 Å². The number of ether oxygens (including phenoxy) is 1. The molecule has 0 amide bonds. The third kappa shape index (κ3) is 3.43. The third-order valence-electron chi connectivity index (χ3n) is 2.09. The van der Waals surface area contributed by atoms with Crippen molar-refractivity contribution in [2.45, 2.75) is 19.6 Å². The van der Waals surface area contributed by atoms with E-state index in [1.165, 1.54) is 6.07 Å². The minimum absolute atomic E-state index is 0.0353. The van der Waals surface area contributed by atoms with Crippen molar-refractivity contribution in [1.82, 2.24) is 5.32 Å². The molecule has 5 heteroatoms. The van der Waals surface area contributed by atoms with Gasteiger partial charge in [-0.05, 0) is 26.1 Å². The summed E-state index contributed by atoms with van der Waals surface area (Å²) in [4.78, 5) is 0. The lowest BCUT2D eigenvalue weighted by Crippen LogP contribution is -2.14. The minimum Gasteiger partial charge on any atom is -0.434 e. The van der Waals surface area contributed by atoms with Crippen LogP contribution in [0.3, 0.4) is 0 Å². The van der Waals surface area contributed by atoms with Crippen LogP contribution in [0.15, 0.2) is 22.7 Å². The number of rotatable bonds is 4. The van der Waals surface area contributed by atoms with Gasteiger partial charge in [0, 0.05) is 16.1 Å². The Morgan fingerprint density at radius 3 is 2.60 bits per heavy atom. The fraction of sp³-hybridized carbons (Fsp3) is 0.400. The summed E-state index contributed by atoms with van der Waals surface area (Å²) in [5.41, 5.74) is 0.709. The summed E-state index contributed by atoms with van der Waals surface area (Å²) in [6.45, 7) is -0.927. The molecule has 15 heavy (non-hydrogen) atoms. The molecular formula is C10H12BrF2NO. The first-order valence-corrected chi connectivity index (χ1v) is 5.25. The summed E-state index contributed by atoms with van der Waals surface area (Å²) < 4.78 is 29.4. The van der Waals surface area contributed by atoms with Crippen molar-refractivity contribution in [1.29, 1.82) is 0 Å². The average molecular weight is 280 g/mol. The molecule has 0 saturated heterocycles. The lowest BCUT2D eigenvalue weighted by atomic mass is 10.1. The van der Waals surface area contributed by atoms with Gasteiger partial charge in [0.2, 0.25) is 0 Å². The van der Waals surface area contributed by atoms with E-state index in [1.54, 1.807) is 19.2 Å². The molecule has 0 spiro atoms. The fourth-order valence-electron chi connectivity index (χ4n) is 1.22. The third-order valence-corrected chi connectivity index (χ3v) is 2.58. The van der Waals surface area contributed by atoms with Gasteiger partial charge < -0.3 is 10.1 Å². The first-order valence-electron chi connectivity index (χ1n) is 4.46. The Kier molecular flexibility index (Phi) is 4.47. The maximum Gasteiger partial charge on any atom is 0.387 e. The molecule has 0 aliphatic heterocycles. The number of halogens is 3. The van der Waals surface area contributed by atoms with Gasteiger partial charge in [-0.15, -0.1) is 0 Å². The zero-order chi connectivity index (χ0) is 11.4. The Bertz CT molecular complexity index is 333. The first kappa shape index (κ1) is 12.4. The molecule has 0 fully saturated rings. The Labute approximate surface area is 95.8 Å². The van der Waals surface area contributed by atoms with E-state index >= 15 is 0 Å². The number of nitrogens with one attached hydrogen (secondary N) is 1. The maximum absolute atomic E-state index is 12.1. The van der Waals surface area contributed by atoms with E-state index in [-0.39, 0.29) is 11.8 Å². The summed E-state index contributed by atoms with van der Waals surface area (Å²) in [6, 6.07) is 5.05. The standard InChI is InChI=1S/C10H12BrF2NO/c1-6(14-2)8-4-3-7(11)5-9(8)15-10(12)13/h3-6,10,14H,1-2H3. The molecule has 0 aliphatic carbocycles. The van der Waals surface area contributed by atoms with E-state index in [1.807, 2.05) is 6.92 Å². The van der Waals surface area contributed by atoms with E-state index in [2.05, 4.69) is 26.0 Å². The first-order chi connectivity index (χ1) is 7.04. The molecule has 0 saturated carbocycles. The number of hydrogen-bond donors (Lipinski definition) is 1. The molecule has 1 rings (SSSR count). The Morgan fingerprint density at radius 2 is 2.07 bits per heavy atom. The topological polar surface area (TPSA) is 21.3 Å². The quantitative estimate of drug-likeness (QED) is 0.913. The van der Waals surface area contributed by atoms with E-state index < -0.39 is 6.61 Å². The van der Waals surface area contributed by atoms with Crippen molar-refractivity contribution in [2.75, 3.05) is 7.05 Å². The Hall–Kier alpha value is -0.680. The molecule has 1 unspecified atom stereocenters. The predicted molar refractivity (Wildman–Crippen MR) is 58.2 cm³/mol. The van der Waals surface area contributed by atoms with Gasteiger partial charge in [0.05, 0.1) is 0 Å². The smallest absolute Gasteiger partial charge is 0.387 e. The second-order valence-electron chi connectivity index (χ2n) is 3.07. The molecule has 0 bridgehead atoms. The summed E-state index contributed by atoms with van der Waals surface area (Å²) in [6.07, 6.45) is 0. The maximum atomic E-state index is 12.1. The van der Waals surface area contributed by atoms with Crippen LogP contribution in [0.5, 0.6) is 5.75 Å². The van der Waals surface area contributed by atoms with Gasteiger partial charge in [-0.1, -0.05) is 22.0 Å². The molecule has 1 N–H and O–H groups in total. The van der Waals surface area contributed by atoms with Gasteiger partial charge in [0.25, 0.3) is 0 Å². The number of hydrogen-bond acceptors (Lipinski definition) is 2. The van der Waals surface area contributed by atoms with Gasteiger partial charge in [-0.2, -0.15) is 8.78 Å². The van der Waals surface area contributed by atoms with Crippen molar-refractivity contribution in [3.05, 3.63) is 28.2 Å². The lowest BCUT2D eigenvalue weighted by Gasteiger charge is -2.16. The van der Waals surface area contributed by atoms with Crippen LogP contribution in [0.4, 0.5) is 8.78 Å². The van der Waals surface area contributed by atoms with Crippen LogP contribution in [0.1, 0.15) is 18.5 Å². The summed E-state index contributed by atoms with van der Waals surface area (Å²) >= 11 is 3.21. The van der Waals surface area contributed by atoms with Crippen molar-refractivity contribution in [2.24, 2.45) is 0 Å². The van der Waals surface area contributed by atoms with Crippen LogP contribution < -0.4 is 10.1 Å². The van der Waals surface area contributed by atoms with Crippen molar-refractivity contribution < 1.29 is 13.5 Å². The highest BCUT2D eigenvalue weighted by molar-refractivity contribution is 9.10. The minimum atomic E-state index is -2.80. The van der Waals surface area contributed by atoms with Crippen LogP contribution in [0.2, 0.25) is 0 Å². The van der Waals surface area contributed by atoms with Gasteiger partial charge in [-0.3, -0.25) is 0 Å². The highest BCUT2D eigenvalue weighted by Gasteiger charge is 2.13. The summed E-state index contributed by atoms with van der Waals surface area (Å²) in [5, 5.41) is 2.97. The van der Waals surface area contributed by atoms with Gasteiger partial charge in [0.1, 0.15) is 5.75 Å². The molecule has 1 aromatic carbocycles. The van der Waals surface area contributed by atoms with Crippen LogP contribution in [-0.4, -0.2) is 13.7 Å². The molecule has 1 atom stereocenters. The molecule has 84 valence electrons. The van der Waals surface area contributed by atoms with E-state index in [0.29, 0.717) is 10.0 Å². The number of alkyl halides is 2. The van der Waals surface area contributed by atoms with Crippen molar-refractivity contribution in [3.63, 3.8) is 0 Å². The summed E-state index contributed by atoms with van der Waals surface area (Å²) in [7, 11) is 1.76. The molecule has 0 aromatic heterocycles. The number of benzene rings is 1. The van der Waals surface area contributed by atoms with Crippen LogP contribution in [0.25, 0.3) is 0 Å². The monoisotopic (exact) mass is 279 g/mol. The lowest BCUT2D eigenvalue weighted by molar-refractivity contribution is -0.0506. The SMILES string of the molecule is CNC(C)c1ccc(Br)cc1OC(F)F. The van der Waals surface area contributed by atoms with E-state index in [9.17, 15) is 8.78 Å².